The maximum atomic E-state index is 11.7. The van der Waals surface area contributed by atoms with Crippen LogP contribution in [0, 0.1) is 0 Å². The number of nitrogens with one attached hydrogen (secondary N) is 2. The topological polar surface area (TPSA) is 91.3 Å². The first-order chi connectivity index (χ1) is 8.06. The van der Waals surface area contributed by atoms with E-state index in [4.69, 9.17) is 5.11 Å². The lowest BCUT2D eigenvalue weighted by Gasteiger charge is -2.25. The summed E-state index contributed by atoms with van der Waals surface area (Å²) < 4.78 is 0.766. The smallest absolute Gasteiger partial charge is 0.303 e. The number of rotatable bonds is 3. The Hall–Kier alpha value is -1.63. The van der Waals surface area contributed by atoms with Gasteiger partial charge in [0, 0.05) is 17.1 Å². The van der Waals surface area contributed by atoms with Gasteiger partial charge in [-0.2, -0.15) is 0 Å². The number of carboxylic acids is 1. The van der Waals surface area contributed by atoms with Gasteiger partial charge in [0.1, 0.15) is 6.04 Å². The van der Waals surface area contributed by atoms with Crippen molar-refractivity contribution in [2.24, 2.45) is 0 Å². The monoisotopic (exact) mass is 299 g/mol. The highest BCUT2D eigenvalue weighted by atomic mass is 79.9. The standard InChI is InChI=1S/C10H10BrN3O3/c11-5-3-7-9(12-4-5)13-6(10(17)14-7)1-2-8(15)16/h3-4,6H,1-2H2,(H,12,13)(H,14,17)(H,15,16). The number of fused-ring (bicyclic) bond motifs is 1. The minimum Gasteiger partial charge on any atom is -0.481 e. The summed E-state index contributed by atoms with van der Waals surface area (Å²) in [4.78, 5) is 26.2. The van der Waals surface area contributed by atoms with Crippen molar-refractivity contribution in [2.45, 2.75) is 18.9 Å². The number of pyridine rings is 1. The Kier molecular flexibility index (Phi) is 3.28. The lowest BCUT2D eigenvalue weighted by Crippen LogP contribution is -2.39. The third kappa shape index (κ3) is 2.73. The lowest BCUT2D eigenvalue weighted by molar-refractivity contribution is -0.137. The predicted octanol–water partition coefficient (Wildman–Crippen LogP) is 1.44. The number of anilines is 2. The second kappa shape index (κ2) is 4.70. The zero-order valence-electron chi connectivity index (χ0n) is 8.74. The van der Waals surface area contributed by atoms with Crippen LogP contribution < -0.4 is 10.6 Å². The minimum atomic E-state index is -0.922. The normalized spacial score (nSPS) is 17.9. The van der Waals surface area contributed by atoms with E-state index in [9.17, 15) is 9.59 Å². The van der Waals surface area contributed by atoms with E-state index in [2.05, 4.69) is 31.5 Å². The molecule has 17 heavy (non-hydrogen) atoms. The zero-order chi connectivity index (χ0) is 12.4. The molecule has 0 spiro atoms. The van der Waals surface area contributed by atoms with Crippen molar-refractivity contribution < 1.29 is 14.7 Å². The van der Waals surface area contributed by atoms with Gasteiger partial charge in [-0.1, -0.05) is 0 Å². The molecule has 0 aromatic carbocycles. The number of hydrogen-bond acceptors (Lipinski definition) is 4. The molecule has 7 heteroatoms. The van der Waals surface area contributed by atoms with Gasteiger partial charge in [0.15, 0.2) is 5.82 Å². The molecule has 1 unspecified atom stereocenters. The maximum absolute atomic E-state index is 11.7. The van der Waals surface area contributed by atoms with Crippen LogP contribution in [0.2, 0.25) is 0 Å². The molecule has 1 aliphatic rings. The van der Waals surface area contributed by atoms with Gasteiger partial charge in [-0.15, -0.1) is 0 Å². The summed E-state index contributed by atoms with van der Waals surface area (Å²) in [6.45, 7) is 0. The van der Waals surface area contributed by atoms with Crippen LogP contribution in [0.25, 0.3) is 0 Å². The quantitative estimate of drug-likeness (QED) is 0.785. The van der Waals surface area contributed by atoms with Crippen molar-refractivity contribution in [3.63, 3.8) is 0 Å². The van der Waals surface area contributed by atoms with E-state index in [0.717, 1.165) is 4.47 Å². The van der Waals surface area contributed by atoms with Crippen molar-refractivity contribution in [3.05, 3.63) is 16.7 Å². The number of amides is 1. The predicted molar refractivity (Wildman–Crippen MR) is 64.8 cm³/mol. The summed E-state index contributed by atoms with van der Waals surface area (Å²) in [5, 5.41) is 14.2. The molecule has 90 valence electrons. The van der Waals surface area contributed by atoms with Gasteiger partial charge < -0.3 is 15.7 Å². The molecular weight excluding hydrogens is 290 g/mol. The minimum absolute atomic E-state index is 0.0586. The number of hydrogen-bond donors (Lipinski definition) is 3. The van der Waals surface area contributed by atoms with Crippen LogP contribution in [0.5, 0.6) is 0 Å². The SMILES string of the molecule is O=C(O)CCC1Nc2ncc(Br)cc2NC1=O. The lowest BCUT2D eigenvalue weighted by atomic mass is 10.1. The highest BCUT2D eigenvalue weighted by molar-refractivity contribution is 9.10. The molecule has 1 aliphatic heterocycles. The Balaban J connectivity index is 2.13. The van der Waals surface area contributed by atoms with Gasteiger partial charge in [0.2, 0.25) is 5.91 Å². The van der Waals surface area contributed by atoms with Crippen molar-refractivity contribution in [1.29, 1.82) is 0 Å². The van der Waals surface area contributed by atoms with E-state index in [-0.39, 0.29) is 18.7 Å². The maximum Gasteiger partial charge on any atom is 0.303 e. The highest BCUT2D eigenvalue weighted by Gasteiger charge is 2.26. The molecule has 3 N–H and O–H groups in total. The molecule has 0 aliphatic carbocycles. The summed E-state index contributed by atoms with van der Waals surface area (Å²) in [5.41, 5.74) is 0.593. The molecule has 2 rings (SSSR count). The summed E-state index contributed by atoms with van der Waals surface area (Å²) in [5.74, 6) is -0.601. The molecule has 1 amide bonds. The third-order valence-corrected chi connectivity index (χ3v) is 2.82. The van der Waals surface area contributed by atoms with Gasteiger partial charge in [-0.25, -0.2) is 4.98 Å². The number of halogens is 1. The molecular formula is C10H10BrN3O3. The average molecular weight is 300 g/mol. The summed E-state index contributed by atoms with van der Waals surface area (Å²) in [7, 11) is 0. The van der Waals surface area contributed by atoms with Gasteiger partial charge in [-0.05, 0) is 28.4 Å². The second-order valence-electron chi connectivity index (χ2n) is 3.67. The molecule has 0 fully saturated rings. The van der Waals surface area contributed by atoms with E-state index in [1.807, 2.05) is 0 Å². The molecule has 0 bridgehead atoms. The van der Waals surface area contributed by atoms with Crippen LogP contribution in [-0.4, -0.2) is 28.0 Å². The van der Waals surface area contributed by atoms with Crippen molar-refractivity contribution in [3.8, 4) is 0 Å². The van der Waals surface area contributed by atoms with Crippen LogP contribution >= 0.6 is 15.9 Å². The molecule has 0 saturated heterocycles. The highest BCUT2D eigenvalue weighted by Crippen LogP contribution is 2.28. The van der Waals surface area contributed by atoms with Gasteiger partial charge in [0.25, 0.3) is 0 Å². The summed E-state index contributed by atoms with van der Waals surface area (Å²) >= 11 is 3.26. The average Bonchev–Trinajstić information content (AvgIpc) is 2.26. The fraction of sp³-hybridized carbons (Fsp3) is 0.300. The largest absolute Gasteiger partial charge is 0.481 e. The Morgan fingerprint density at radius 1 is 1.59 bits per heavy atom. The van der Waals surface area contributed by atoms with E-state index in [1.54, 1.807) is 12.3 Å². The number of carboxylic acid groups (broad SMARTS) is 1. The Morgan fingerprint density at radius 2 is 2.35 bits per heavy atom. The summed E-state index contributed by atoms with van der Waals surface area (Å²) in [6, 6.07) is 1.19. The van der Waals surface area contributed by atoms with Gasteiger partial charge in [0.05, 0.1) is 5.69 Å². The number of aromatic nitrogens is 1. The first kappa shape index (κ1) is 11.8. The first-order valence-electron chi connectivity index (χ1n) is 5.01. The van der Waals surface area contributed by atoms with Crippen LogP contribution in [0.4, 0.5) is 11.5 Å². The van der Waals surface area contributed by atoms with Crippen molar-refractivity contribution in [1.82, 2.24) is 4.98 Å². The molecule has 0 saturated carbocycles. The third-order valence-electron chi connectivity index (χ3n) is 2.39. The number of aliphatic carboxylic acids is 1. The van der Waals surface area contributed by atoms with Crippen LogP contribution in [0.3, 0.4) is 0 Å². The zero-order valence-corrected chi connectivity index (χ0v) is 10.3. The molecule has 1 atom stereocenters. The molecule has 1 aromatic heterocycles. The van der Waals surface area contributed by atoms with E-state index in [0.29, 0.717) is 11.5 Å². The van der Waals surface area contributed by atoms with Crippen molar-refractivity contribution in [2.75, 3.05) is 10.6 Å². The Labute approximate surface area is 106 Å². The van der Waals surface area contributed by atoms with Crippen LogP contribution in [0.1, 0.15) is 12.8 Å². The molecule has 0 radical (unpaired) electrons. The van der Waals surface area contributed by atoms with Crippen molar-refractivity contribution >= 4 is 39.3 Å². The summed E-state index contributed by atoms with van der Waals surface area (Å²) in [6.07, 6.45) is 1.78. The fourth-order valence-corrected chi connectivity index (χ4v) is 1.90. The Bertz CT molecular complexity index is 478. The fourth-order valence-electron chi connectivity index (χ4n) is 1.57. The van der Waals surface area contributed by atoms with E-state index in [1.165, 1.54) is 0 Å². The number of nitrogens with zero attached hydrogens (tertiary/aromatic N) is 1. The van der Waals surface area contributed by atoms with E-state index >= 15 is 0 Å². The molecule has 2 heterocycles. The molecule has 6 nitrogen and oxygen atoms in total. The Morgan fingerprint density at radius 3 is 3.06 bits per heavy atom. The number of carbonyl (C=O) groups excluding carboxylic acids is 1. The first-order valence-corrected chi connectivity index (χ1v) is 5.80. The second-order valence-corrected chi connectivity index (χ2v) is 4.58. The number of carbonyl (C=O) groups is 2. The van der Waals surface area contributed by atoms with Crippen LogP contribution in [0.15, 0.2) is 16.7 Å². The van der Waals surface area contributed by atoms with Crippen LogP contribution in [-0.2, 0) is 9.59 Å². The molecule has 1 aromatic rings. The van der Waals surface area contributed by atoms with Gasteiger partial charge in [-0.3, -0.25) is 9.59 Å². The van der Waals surface area contributed by atoms with Gasteiger partial charge >= 0.3 is 5.97 Å². The van der Waals surface area contributed by atoms with E-state index < -0.39 is 12.0 Å².